The van der Waals surface area contributed by atoms with Gasteiger partial charge in [-0.1, -0.05) is 42.5 Å². The molecule has 1 fully saturated rings. The Morgan fingerprint density at radius 3 is 2.60 bits per heavy atom. The molecular weight excluding hydrogens is 274 g/mol. The summed E-state index contributed by atoms with van der Waals surface area (Å²) in [7, 11) is 0. The molecule has 0 spiro atoms. The van der Waals surface area contributed by atoms with Gasteiger partial charge in [-0.3, -0.25) is 4.79 Å². The highest BCUT2D eigenvalue weighted by atomic mass is 35.5. The van der Waals surface area contributed by atoms with E-state index in [1.165, 1.54) is 0 Å². The van der Waals surface area contributed by atoms with Gasteiger partial charge in [-0.2, -0.15) is 0 Å². The van der Waals surface area contributed by atoms with E-state index in [9.17, 15) is 9.90 Å². The molecule has 4 heteroatoms. The number of alkyl halides is 1. The molecule has 0 saturated carbocycles. The van der Waals surface area contributed by atoms with Crippen molar-refractivity contribution in [3.63, 3.8) is 0 Å². The lowest BCUT2D eigenvalue weighted by molar-refractivity contribution is -0.156. The number of amides is 1. The van der Waals surface area contributed by atoms with Crippen molar-refractivity contribution in [2.24, 2.45) is 0 Å². The molecule has 1 heterocycles. The van der Waals surface area contributed by atoms with Gasteiger partial charge in [-0.25, -0.2) is 0 Å². The Morgan fingerprint density at radius 2 is 1.90 bits per heavy atom. The summed E-state index contributed by atoms with van der Waals surface area (Å²) >= 11 is 5.80. The van der Waals surface area contributed by atoms with Crippen LogP contribution in [0.1, 0.15) is 12.5 Å². The molecule has 1 amide bonds. The van der Waals surface area contributed by atoms with Gasteiger partial charge in [0.15, 0.2) is 0 Å². The van der Waals surface area contributed by atoms with Gasteiger partial charge in [0.1, 0.15) is 11.0 Å². The second kappa shape index (κ2) is 4.76. The first-order valence-corrected chi connectivity index (χ1v) is 7.08. The lowest BCUT2D eigenvalue weighted by atomic mass is 9.83. The van der Waals surface area contributed by atoms with Gasteiger partial charge in [0.05, 0.1) is 13.1 Å². The molecular formula is C16H16ClNO2. The Balaban J connectivity index is 1.92. The first-order valence-electron chi connectivity index (χ1n) is 6.65. The van der Waals surface area contributed by atoms with Crippen molar-refractivity contribution in [3.05, 3.63) is 48.0 Å². The van der Waals surface area contributed by atoms with Crippen molar-refractivity contribution in [2.45, 2.75) is 17.9 Å². The maximum Gasteiger partial charge on any atom is 0.240 e. The molecule has 1 saturated heterocycles. The van der Waals surface area contributed by atoms with Crippen LogP contribution >= 0.6 is 11.6 Å². The summed E-state index contributed by atoms with van der Waals surface area (Å²) in [5.74, 6) is -0.128. The van der Waals surface area contributed by atoms with Crippen LogP contribution in [0.3, 0.4) is 0 Å². The Bertz CT molecular complexity index is 657. The summed E-state index contributed by atoms with van der Waals surface area (Å²) < 4.78 is 0. The summed E-state index contributed by atoms with van der Waals surface area (Å²) in [4.78, 5) is 13.4. The fourth-order valence-electron chi connectivity index (χ4n) is 2.79. The predicted octanol–water partition coefficient (Wildman–Crippen LogP) is 2.50. The van der Waals surface area contributed by atoms with Crippen molar-refractivity contribution in [1.82, 2.24) is 4.90 Å². The molecule has 3 rings (SSSR count). The number of carbonyl (C=O) groups is 1. The van der Waals surface area contributed by atoms with Gasteiger partial charge in [-0.05, 0) is 23.3 Å². The molecule has 0 aliphatic carbocycles. The van der Waals surface area contributed by atoms with E-state index in [0.29, 0.717) is 13.1 Å². The molecule has 1 atom stereocenters. The standard InChI is InChI=1S/C16H16ClNO2/c1-11(17)15(19)18-9-16(20,10-18)14-8-4-6-12-5-2-3-7-13(12)14/h2-8,11,20H,9-10H2,1H3. The second-order valence-corrected chi connectivity index (χ2v) is 6.02. The summed E-state index contributed by atoms with van der Waals surface area (Å²) in [6.45, 7) is 2.26. The van der Waals surface area contributed by atoms with Crippen LogP contribution in [-0.2, 0) is 10.4 Å². The molecule has 1 N–H and O–H groups in total. The smallest absolute Gasteiger partial charge is 0.240 e. The van der Waals surface area contributed by atoms with Crippen LogP contribution in [0.4, 0.5) is 0 Å². The monoisotopic (exact) mass is 289 g/mol. The van der Waals surface area contributed by atoms with E-state index >= 15 is 0 Å². The number of carbonyl (C=O) groups excluding carboxylic acids is 1. The van der Waals surface area contributed by atoms with E-state index < -0.39 is 11.0 Å². The average Bonchev–Trinajstić information content (AvgIpc) is 2.42. The van der Waals surface area contributed by atoms with Crippen molar-refractivity contribution in [1.29, 1.82) is 0 Å². The number of nitrogens with zero attached hydrogens (tertiary/aromatic N) is 1. The predicted molar refractivity (Wildman–Crippen MR) is 79.7 cm³/mol. The quantitative estimate of drug-likeness (QED) is 0.863. The summed E-state index contributed by atoms with van der Waals surface area (Å²) in [6.07, 6.45) is 0. The zero-order chi connectivity index (χ0) is 14.3. The van der Waals surface area contributed by atoms with Gasteiger partial charge >= 0.3 is 0 Å². The van der Waals surface area contributed by atoms with Gasteiger partial charge in [0, 0.05) is 0 Å². The molecule has 1 unspecified atom stereocenters. The molecule has 3 nitrogen and oxygen atoms in total. The fourth-order valence-corrected chi connectivity index (χ4v) is 2.93. The highest BCUT2D eigenvalue weighted by Gasteiger charge is 2.46. The first-order chi connectivity index (χ1) is 9.51. The number of hydrogen-bond acceptors (Lipinski definition) is 2. The van der Waals surface area contributed by atoms with Gasteiger partial charge in [0.2, 0.25) is 5.91 Å². The van der Waals surface area contributed by atoms with Crippen LogP contribution in [0.2, 0.25) is 0 Å². The van der Waals surface area contributed by atoms with Crippen LogP contribution in [0, 0.1) is 0 Å². The minimum atomic E-state index is -0.970. The van der Waals surface area contributed by atoms with Gasteiger partial charge in [0.25, 0.3) is 0 Å². The van der Waals surface area contributed by atoms with Crippen molar-refractivity contribution in [3.8, 4) is 0 Å². The SMILES string of the molecule is CC(Cl)C(=O)N1CC(O)(c2cccc3ccccc23)C1. The number of halogens is 1. The lowest BCUT2D eigenvalue weighted by Crippen LogP contribution is -2.62. The third-order valence-corrected chi connectivity index (χ3v) is 4.03. The number of aliphatic hydroxyl groups is 1. The maximum absolute atomic E-state index is 11.8. The molecule has 0 radical (unpaired) electrons. The Morgan fingerprint density at radius 1 is 1.25 bits per heavy atom. The van der Waals surface area contributed by atoms with Crippen LogP contribution in [0.5, 0.6) is 0 Å². The largest absolute Gasteiger partial charge is 0.381 e. The summed E-state index contributed by atoms with van der Waals surface area (Å²) in [6, 6.07) is 13.8. The Hall–Kier alpha value is -1.58. The Kier molecular flexibility index (Phi) is 3.19. The van der Waals surface area contributed by atoms with E-state index in [2.05, 4.69) is 0 Å². The van der Waals surface area contributed by atoms with Crippen molar-refractivity contribution in [2.75, 3.05) is 13.1 Å². The third-order valence-electron chi connectivity index (χ3n) is 3.85. The molecule has 2 aromatic rings. The van der Waals surface area contributed by atoms with Gasteiger partial charge < -0.3 is 10.0 Å². The molecule has 0 bridgehead atoms. The Labute approximate surface area is 122 Å². The zero-order valence-electron chi connectivity index (χ0n) is 11.2. The van der Waals surface area contributed by atoms with Crippen molar-refractivity contribution < 1.29 is 9.90 Å². The maximum atomic E-state index is 11.8. The highest BCUT2D eigenvalue weighted by Crippen LogP contribution is 2.36. The third kappa shape index (κ3) is 2.07. The molecule has 20 heavy (non-hydrogen) atoms. The summed E-state index contributed by atoms with van der Waals surface area (Å²) in [5, 5.41) is 12.3. The topological polar surface area (TPSA) is 40.5 Å². The van der Waals surface area contributed by atoms with E-state index in [-0.39, 0.29) is 5.91 Å². The number of benzene rings is 2. The van der Waals surface area contributed by atoms with E-state index in [1.807, 2.05) is 42.5 Å². The number of rotatable bonds is 2. The van der Waals surface area contributed by atoms with E-state index in [4.69, 9.17) is 11.6 Å². The van der Waals surface area contributed by atoms with Crippen LogP contribution < -0.4 is 0 Å². The molecule has 1 aliphatic heterocycles. The van der Waals surface area contributed by atoms with E-state index in [0.717, 1.165) is 16.3 Å². The molecule has 2 aromatic carbocycles. The highest BCUT2D eigenvalue weighted by molar-refractivity contribution is 6.30. The minimum Gasteiger partial charge on any atom is -0.381 e. The van der Waals surface area contributed by atoms with Crippen molar-refractivity contribution >= 4 is 28.3 Å². The second-order valence-electron chi connectivity index (χ2n) is 5.37. The van der Waals surface area contributed by atoms with Crippen LogP contribution in [0.25, 0.3) is 10.8 Å². The molecule has 104 valence electrons. The van der Waals surface area contributed by atoms with Crippen LogP contribution in [0.15, 0.2) is 42.5 Å². The number of fused-ring (bicyclic) bond motifs is 1. The lowest BCUT2D eigenvalue weighted by Gasteiger charge is -2.47. The zero-order valence-corrected chi connectivity index (χ0v) is 12.0. The average molecular weight is 290 g/mol. The van der Waals surface area contributed by atoms with Gasteiger partial charge in [-0.15, -0.1) is 11.6 Å². The first kappa shape index (κ1) is 13.4. The van der Waals surface area contributed by atoms with E-state index in [1.54, 1.807) is 11.8 Å². The summed E-state index contributed by atoms with van der Waals surface area (Å²) in [5.41, 5.74) is -0.0932. The molecule has 1 aliphatic rings. The minimum absolute atomic E-state index is 0.128. The van der Waals surface area contributed by atoms with Crippen LogP contribution in [-0.4, -0.2) is 34.4 Å². The fraction of sp³-hybridized carbons (Fsp3) is 0.312. The number of β-amino-alcohol motifs (C(OH)–C–C–N with tert-alkyl or cyclic N) is 1. The number of hydrogen-bond donors (Lipinski definition) is 1. The number of likely N-dealkylation sites (tertiary alicyclic amines) is 1. The molecule has 0 aromatic heterocycles. The normalized spacial score (nSPS) is 18.6.